The van der Waals surface area contributed by atoms with Crippen molar-refractivity contribution < 1.29 is 19.0 Å². The molecule has 3 heterocycles. The summed E-state index contributed by atoms with van der Waals surface area (Å²) in [4.78, 5) is 23.3. The summed E-state index contributed by atoms with van der Waals surface area (Å²) in [7, 11) is 0. The van der Waals surface area contributed by atoms with E-state index in [2.05, 4.69) is 20.2 Å². The number of fused-ring (bicyclic) bond motifs is 1. The molecule has 1 amide bonds. The molecule has 2 aliphatic heterocycles. The maximum atomic E-state index is 12.4. The molecule has 1 saturated heterocycles. The van der Waals surface area contributed by atoms with Crippen LogP contribution in [0.15, 0.2) is 36.5 Å². The molecular weight excluding hydrogens is 336 g/mol. The molecule has 1 unspecified atom stereocenters. The number of carbonyl (C=O) groups is 1. The zero-order chi connectivity index (χ0) is 17.8. The van der Waals surface area contributed by atoms with Gasteiger partial charge in [0.05, 0.1) is 25.5 Å². The van der Waals surface area contributed by atoms with Crippen LogP contribution in [0.2, 0.25) is 0 Å². The van der Waals surface area contributed by atoms with Crippen molar-refractivity contribution in [3.8, 4) is 11.5 Å². The fourth-order valence-electron chi connectivity index (χ4n) is 2.84. The number of benzene rings is 1. The second-order valence-corrected chi connectivity index (χ2v) is 6.03. The van der Waals surface area contributed by atoms with E-state index in [0.29, 0.717) is 37.2 Å². The Kier molecular flexibility index (Phi) is 4.83. The molecule has 2 aliphatic rings. The van der Waals surface area contributed by atoms with E-state index < -0.39 is 6.10 Å². The lowest BCUT2D eigenvalue weighted by Gasteiger charge is -2.27. The Bertz CT molecular complexity index is 779. The van der Waals surface area contributed by atoms with E-state index in [-0.39, 0.29) is 12.5 Å². The van der Waals surface area contributed by atoms with Gasteiger partial charge in [-0.15, -0.1) is 0 Å². The largest absolute Gasteiger partial charge is 0.485 e. The predicted octanol–water partition coefficient (Wildman–Crippen LogP) is 0.769. The lowest BCUT2D eigenvalue weighted by atomic mass is 10.2. The minimum Gasteiger partial charge on any atom is -0.485 e. The van der Waals surface area contributed by atoms with E-state index >= 15 is 0 Å². The SMILES string of the molecule is O=C(NCc1ccnc(N2CCOCC2)n1)C1COc2ccccc2O1. The van der Waals surface area contributed by atoms with E-state index in [9.17, 15) is 4.79 Å². The maximum Gasteiger partial charge on any atom is 0.265 e. The van der Waals surface area contributed by atoms with Crippen LogP contribution in [0.25, 0.3) is 0 Å². The first-order chi connectivity index (χ1) is 12.8. The topological polar surface area (TPSA) is 85.8 Å². The number of para-hydroxylation sites is 2. The normalized spacial score (nSPS) is 19.1. The number of carbonyl (C=O) groups excluding carboxylic acids is 1. The minimum absolute atomic E-state index is 0.186. The van der Waals surface area contributed by atoms with E-state index in [1.807, 2.05) is 18.2 Å². The summed E-state index contributed by atoms with van der Waals surface area (Å²) in [6, 6.07) is 9.10. The first kappa shape index (κ1) is 16.6. The van der Waals surface area contributed by atoms with Gasteiger partial charge < -0.3 is 24.4 Å². The number of ether oxygens (including phenoxy) is 3. The number of anilines is 1. The summed E-state index contributed by atoms with van der Waals surface area (Å²) in [5, 5.41) is 2.85. The first-order valence-electron chi connectivity index (χ1n) is 8.60. The van der Waals surface area contributed by atoms with E-state index in [1.54, 1.807) is 18.3 Å². The number of nitrogens with one attached hydrogen (secondary N) is 1. The highest BCUT2D eigenvalue weighted by Gasteiger charge is 2.27. The van der Waals surface area contributed by atoms with Crippen molar-refractivity contribution in [2.45, 2.75) is 12.6 Å². The van der Waals surface area contributed by atoms with Crippen molar-refractivity contribution in [2.75, 3.05) is 37.8 Å². The molecule has 0 radical (unpaired) electrons. The number of hydrogen-bond donors (Lipinski definition) is 1. The molecule has 1 N–H and O–H groups in total. The fraction of sp³-hybridized carbons (Fsp3) is 0.389. The van der Waals surface area contributed by atoms with Crippen LogP contribution >= 0.6 is 0 Å². The monoisotopic (exact) mass is 356 g/mol. The molecule has 136 valence electrons. The number of hydrogen-bond acceptors (Lipinski definition) is 7. The second kappa shape index (κ2) is 7.57. The lowest BCUT2D eigenvalue weighted by molar-refractivity contribution is -0.130. The molecule has 2 aromatic rings. The lowest BCUT2D eigenvalue weighted by Crippen LogP contribution is -2.43. The van der Waals surface area contributed by atoms with Gasteiger partial charge in [0, 0.05) is 19.3 Å². The van der Waals surface area contributed by atoms with Crippen molar-refractivity contribution >= 4 is 11.9 Å². The van der Waals surface area contributed by atoms with Gasteiger partial charge in [-0.25, -0.2) is 9.97 Å². The van der Waals surface area contributed by atoms with E-state index in [1.165, 1.54) is 0 Å². The van der Waals surface area contributed by atoms with Crippen LogP contribution in [-0.2, 0) is 16.1 Å². The molecule has 1 fully saturated rings. The summed E-state index contributed by atoms with van der Waals surface area (Å²) in [6.07, 6.45) is 1.03. The smallest absolute Gasteiger partial charge is 0.265 e. The molecular formula is C18H20N4O4. The molecule has 0 bridgehead atoms. The molecule has 1 aromatic heterocycles. The van der Waals surface area contributed by atoms with Crippen molar-refractivity contribution in [3.63, 3.8) is 0 Å². The molecule has 1 aromatic carbocycles. The van der Waals surface area contributed by atoms with Gasteiger partial charge in [-0.3, -0.25) is 4.79 Å². The molecule has 1 atom stereocenters. The van der Waals surface area contributed by atoms with Gasteiger partial charge in [0.25, 0.3) is 5.91 Å². The summed E-state index contributed by atoms with van der Waals surface area (Å²) in [6.45, 7) is 3.37. The van der Waals surface area contributed by atoms with Crippen LogP contribution in [0.1, 0.15) is 5.69 Å². The highest BCUT2D eigenvalue weighted by Crippen LogP contribution is 2.30. The molecule has 4 rings (SSSR count). The number of amides is 1. The van der Waals surface area contributed by atoms with Crippen LogP contribution in [0, 0.1) is 0 Å². The van der Waals surface area contributed by atoms with Crippen molar-refractivity contribution in [3.05, 3.63) is 42.2 Å². The number of nitrogens with zero attached hydrogens (tertiary/aromatic N) is 3. The van der Waals surface area contributed by atoms with Crippen LogP contribution in [0.4, 0.5) is 5.95 Å². The summed E-state index contributed by atoms with van der Waals surface area (Å²) in [5.41, 5.74) is 0.743. The third kappa shape index (κ3) is 3.70. The third-order valence-electron chi connectivity index (χ3n) is 4.24. The number of aromatic nitrogens is 2. The van der Waals surface area contributed by atoms with Crippen LogP contribution in [-0.4, -0.2) is 54.9 Å². The standard InChI is InChI=1S/C18H20N4O4/c23-17(16-12-25-14-3-1-2-4-15(14)26-16)20-11-13-5-6-19-18(21-13)22-7-9-24-10-8-22/h1-6,16H,7-12H2,(H,20,23). The molecule has 0 aliphatic carbocycles. The van der Waals surface area contributed by atoms with Gasteiger partial charge in [0.2, 0.25) is 12.1 Å². The Hall–Kier alpha value is -2.87. The van der Waals surface area contributed by atoms with E-state index in [4.69, 9.17) is 14.2 Å². The first-order valence-corrected chi connectivity index (χ1v) is 8.60. The van der Waals surface area contributed by atoms with Crippen LogP contribution < -0.4 is 19.7 Å². The zero-order valence-electron chi connectivity index (χ0n) is 14.3. The van der Waals surface area contributed by atoms with Crippen molar-refractivity contribution in [1.29, 1.82) is 0 Å². The molecule has 0 saturated carbocycles. The van der Waals surface area contributed by atoms with Gasteiger partial charge in [-0.1, -0.05) is 12.1 Å². The van der Waals surface area contributed by atoms with E-state index in [0.717, 1.165) is 18.8 Å². The Labute approximate surface area is 151 Å². The Morgan fingerprint density at radius 1 is 1.19 bits per heavy atom. The van der Waals surface area contributed by atoms with Gasteiger partial charge in [0.1, 0.15) is 6.61 Å². The maximum absolute atomic E-state index is 12.4. The quantitative estimate of drug-likeness (QED) is 0.866. The van der Waals surface area contributed by atoms with Gasteiger partial charge in [-0.2, -0.15) is 0 Å². The van der Waals surface area contributed by atoms with Gasteiger partial charge in [0.15, 0.2) is 11.5 Å². The molecule has 8 heteroatoms. The number of rotatable bonds is 4. The second-order valence-electron chi connectivity index (χ2n) is 6.03. The van der Waals surface area contributed by atoms with Crippen molar-refractivity contribution in [1.82, 2.24) is 15.3 Å². The third-order valence-corrected chi connectivity index (χ3v) is 4.24. The average Bonchev–Trinajstić information content (AvgIpc) is 2.72. The summed E-state index contributed by atoms with van der Waals surface area (Å²) in [5.74, 6) is 1.66. The molecule has 8 nitrogen and oxygen atoms in total. The summed E-state index contributed by atoms with van der Waals surface area (Å²) >= 11 is 0. The average molecular weight is 356 g/mol. The Morgan fingerprint density at radius 3 is 2.85 bits per heavy atom. The Morgan fingerprint density at radius 2 is 2.00 bits per heavy atom. The van der Waals surface area contributed by atoms with Gasteiger partial charge >= 0.3 is 0 Å². The number of morpholine rings is 1. The van der Waals surface area contributed by atoms with Crippen molar-refractivity contribution in [2.24, 2.45) is 0 Å². The fourth-order valence-corrected chi connectivity index (χ4v) is 2.84. The molecule has 0 spiro atoms. The highest BCUT2D eigenvalue weighted by molar-refractivity contribution is 5.81. The highest BCUT2D eigenvalue weighted by atomic mass is 16.6. The molecule has 26 heavy (non-hydrogen) atoms. The summed E-state index contributed by atoms with van der Waals surface area (Å²) < 4.78 is 16.6. The van der Waals surface area contributed by atoms with Crippen LogP contribution in [0.5, 0.6) is 11.5 Å². The van der Waals surface area contributed by atoms with Crippen LogP contribution in [0.3, 0.4) is 0 Å². The zero-order valence-corrected chi connectivity index (χ0v) is 14.3. The van der Waals surface area contributed by atoms with Gasteiger partial charge in [-0.05, 0) is 18.2 Å². The predicted molar refractivity (Wildman–Crippen MR) is 93.3 cm³/mol. The Balaban J connectivity index is 1.35. The minimum atomic E-state index is -0.676.